The van der Waals surface area contributed by atoms with Crippen molar-refractivity contribution >= 4 is 34.8 Å². The van der Waals surface area contributed by atoms with E-state index in [1.807, 2.05) is 12.1 Å². The Kier molecular flexibility index (Phi) is 3.99. The minimum absolute atomic E-state index is 0.812. The van der Waals surface area contributed by atoms with Gasteiger partial charge >= 0.3 is 0 Å². The first kappa shape index (κ1) is 14.3. The molecule has 0 nitrogen and oxygen atoms in total. The fraction of sp³-hybridized carbons (Fsp3) is 0.294. The number of benzene rings is 2. The van der Waals surface area contributed by atoms with Gasteiger partial charge in [-0.2, -0.15) is 0 Å². The van der Waals surface area contributed by atoms with Crippen molar-refractivity contribution in [1.82, 2.24) is 0 Å². The number of hydrogen-bond acceptors (Lipinski definition) is 0. The number of aryl methyl sites for hydroxylation is 5. The van der Waals surface area contributed by atoms with E-state index in [2.05, 4.69) is 19.1 Å². The lowest BCUT2D eigenvalue weighted by atomic mass is 9.94. The molecule has 2 aromatic rings. The Morgan fingerprint density at radius 3 is 1.45 bits per heavy atom. The Morgan fingerprint density at radius 1 is 0.600 bits per heavy atom. The highest BCUT2D eigenvalue weighted by Crippen LogP contribution is 2.31. The molecule has 3 heteroatoms. The first-order valence-corrected chi connectivity index (χ1v) is 7.92. The van der Waals surface area contributed by atoms with Gasteiger partial charge in [0.05, 0.1) is 0 Å². The number of hydrogen-bond donors (Lipinski definition) is 0. The molecule has 4 bridgehead atoms. The van der Waals surface area contributed by atoms with E-state index < -0.39 is 0 Å². The van der Waals surface area contributed by atoms with Gasteiger partial charge in [-0.1, -0.05) is 40.9 Å². The molecule has 0 aliphatic heterocycles. The Labute approximate surface area is 134 Å². The van der Waals surface area contributed by atoms with Crippen LogP contribution < -0.4 is 0 Å². The molecule has 4 aliphatic carbocycles. The van der Waals surface area contributed by atoms with E-state index >= 15 is 0 Å². The van der Waals surface area contributed by atoms with Crippen LogP contribution in [0.5, 0.6) is 0 Å². The summed E-state index contributed by atoms with van der Waals surface area (Å²) in [6.45, 7) is 2.15. The van der Waals surface area contributed by atoms with Gasteiger partial charge in [0.15, 0.2) is 0 Å². The van der Waals surface area contributed by atoms with Gasteiger partial charge in [-0.15, -0.1) is 0 Å². The fourth-order valence-corrected chi connectivity index (χ4v) is 3.64. The topological polar surface area (TPSA) is 0 Å². The second-order valence-electron chi connectivity index (χ2n) is 5.41. The first-order chi connectivity index (χ1) is 9.54. The Balaban J connectivity index is 2.11. The number of rotatable bonds is 0. The minimum Gasteiger partial charge on any atom is -0.0840 e. The second-order valence-corrected chi connectivity index (χ2v) is 6.63. The molecule has 4 aliphatic rings. The molecular formula is C17H15Cl3. The highest BCUT2D eigenvalue weighted by molar-refractivity contribution is 6.34. The zero-order valence-corrected chi connectivity index (χ0v) is 13.5. The van der Waals surface area contributed by atoms with Crippen molar-refractivity contribution in [2.45, 2.75) is 32.6 Å². The Bertz CT molecular complexity index is 555. The van der Waals surface area contributed by atoms with E-state index in [0.717, 1.165) is 51.9 Å². The van der Waals surface area contributed by atoms with Crippen molar-refractivity contribution in [1.29, 1.82) is 0 Å². The predicted octanol–water partition coefficient (Wildman–Crippen LogP) is 5.84. The summed E-state index contributed by atoms with van der Waals surface area (Å²) in [5.41, 5.74) is 5.99. The lowest BCUT2D eigenvalue weighted by molar-refractivity contribution is 0.913. The number of halogens is 3. The molecule has 0 saturated heterocycles. The minimum atomic E-state index is 0.812. The summed E-state index contributed by atoms with van der Waals surface area (Å²) in [5, 5.41) is 2.50. The summed E-state index contributed by atoms with van der Waals surface area (Å²) < 4.78 is 0. The smallest absolute Gasteiger partial charge is 0.0441 e. The van der Waals surface area contributed by atoms with E-state index in [1.165, 1.54) is 16.7 Å². The average Bonchev–Trinajstić information content (AvgIpc) is 2.40. The van der Waals surface area contributed by atoms with Crippen LogP contribution in [0.2, 0.25) is 15.1 Å². The van der Waals surface area contributed by atoms with Gasteiger partial charge in [-0.05, 0) is 78.6 Å². The molecular weight excluding hydrogens is 311 g/mol. The summed E-state index contributed by atoms with van der Waals surface area (Å²) in [5.74, 6) is 0. The molecule has 20 heavy (non-hydrogen) atoms. The molecule has 0 atom stereocenters. The zero-order valence-electron chi connectivity index (χ0n) is 11.3. The van der Waals surface area contributed by atoms with Crippen LogP contribution in [0.1, 0.15) is 27.8 Å². The standard InChI is InChI=1S/C17H15Cl3/c1-10-6-12-4-5-14-9-16(19)13(8-17(14)20)3-2-11(10)7-15(12)18/h6-9H,2-5H2,1H3. The van der Waals surface area contributed by atoms with E-state index in [1.54, 1.807) is 0 Å². The van der Waals surface area contributed by atoms with Gasteiger partial charge in [0, 0.05) is 15.1 Å². The summed E-state index contributed by atoms with van der Waals surface area (Å²) >= 11 is 19.1. The fourth-order valence-electron chi connectivity index (χ4n) is 2.79. The van der Waals surface area contributed by atoms with Crippen LogP contribution >= 0.6 is 34.8 Å². The van der Waals surface area contributed by atoms with Crippen molar-refractivity contribution in [2.75, 3.05) is 0 Å². The SMILES string of the molecule is Cc1cc2c(Cl)cc1CCc1cc(Cl)c(cc1Cl)CC2. The van der Waals surface area contributed by atoms with Crippen LogP contribution in [-0.4, -0.2) is 0 Å². The summed E-state index contributed by atoms with van der Waals surface area (Å²) in [4.78, 5) is 0. The third-order valence-corrected chi connectivity index (χ3v) is 5.10. The lowest BCUT2D eigenvalue weighted by Gasteiger charge is -2.16. The molecule has 0 spiro atoms. The van der Waals surface area contributed by atoms with Crippen LogP contribution in [0.3, 0.4) is 0 Å². The van der Waals surface area contributed by atoms with Crippen molar-refractivity contribution in [3.63, 3.8) is 0 Å². The third-order valence-electron chi connectivity index (χ3n) is 4.05. The molecule has 6 rings (SSSR count). The highest BCUT2D eigenvalue weighted by Gasteiger charge is 2.13. The van der Waals surface area contributed by atoms with Gasteiger partial charge in [0.2, 0.25) is 0 Å². The molecule has 0 amide bonds. The van der Waals surface area contributed by atoms with Crippen LogP contribution in [0.4, 0.5) is 0 Å². The maximum Gasteiger partial charge on any atom is 0.0441 e. The van der Waals surface area contributed by atoms with Crippen molar-refractivity contribution in [2.24, 2.45) is 0 Å². The Morgan fingerprint density at radius 2 is 0.950 bits per heavy atom. The van der Waals surface area contributed by atoms with E-state index in [0.29, 0.717) is 0 Å². The quantitative estimate of drug-likeness (QED) is 0.571. The van der Waals surface area contributed by atoms with Gasteiger partial charge in [0.25, 0.3) is 0 Å². The summed E-state index contributed by atoms with van der Waals surface area (Å²) in [6.07, 6.45) is 3.56. The van der Waals surface area contributed by atoms with Gasteiger partial charge in [-0.3, -0.25) is 0 Å². The molecule has 0 N–H and O–H groups in total. The molecule has 0 aromatic heterocycles. The molecule has 2 aromatic carbocycles. The van der Waals surface area contributed by atoms with Crippen molar-refractivity contribution in [3.8, 4) is 0 Å². The molecule has 0 heterocycles. The van der Waals surface area contributed by atoms with E-state index in [4.69, 9.17) is 34.8 Å². The van der Waals surface area contributed by atoms with Gasteiger partial charge < -0.3 is 0 Å². The van der Waals surface area contributed by atoms with Crippen LogP contribution in [0.25, 0.3) is 0 Å². The highest BCUT2D eigenvalue weighted by atomic mass is 35.5. The molecule has 0 fully saturated rings. The summed E-state index contributed by atoms with van der Waals surface area (Å²) in [6, 6.07) is 8.34. The normalized spacial score (nSPS) is 14.2. The molecule has 0 radical (unpaired) electrons. The van der Waals surface area contributed by atoms with E-state index in [9.17, 15) is 0 Å². The van der Waals surface area contributed by atoms with Crippen molar-refractivity contribution in [3.05, 3.63) is 67.2 Å². The van der Waals surface area contributed by atoms with Gasteiger partial charge in [-0.25, -0.2) is 0 Å². The maximum atomic E-state index is 6.40. The van der Waals surface area contributed by atoms with E-state index in [-0.39, 0.29) is 0 Å². The van der Waals surface area contributed by atoms with Crippen molar-refractivity contribution < 1.29 is 0 Å². The van der Waals surface area contributed by atoms with Crippen LogP contribution in [0.15, 0.2) is 24.3 Å². The predicted molar refractivity (Wildman–Crippen MR) is 87.5 cm³/mol. The van der Waals surface area contributed by atoms with Gasteiger partial charge in [0.1, 0.15) is 0 Å². The Hall–Kier alpha value is -0.690. The summed E-state index contributed by atoms with van der Waals surface area (Å²) in [7, 11) is 0. The first-order valence-electron chi connectivity index (χ1n) is 6.79. The second kappa shape index (κ2) is 5.60. The third kappa shape index (κ3) is 2.70. The molecule has 0 unspecified atom stereocenters. The molecule has 0 saturated carbocycles. The zero-order chi connectivity index (χ0) is 14.3. The average molecular weight is 326 g/mol. The monoisotopic (exact) mass is 324 g/mol. The molecule has 104 valence electrons. The van der Waals surface area contributed by atoms with Crippen LogP contribution in [-0.2, 0) is 25.7 Å². The largest absolute Gasteiger partial charge is 0.0840 e. The lowest BCUT2D eigenvalue weighted by Crippen LogP contribution is -2.02. The van der Waals surface area contributed by atoms with Crippen LogP contribution in [0, 0.1) is 6.92 Å². The maximum absolute atomic E-state index is 6.40.